The lowest BCUT2D eigenvalue weighted by Crippen LogP contribution is -2.36. The second-order valence-corrected chi connectivity index (χ2v) is 9.25. The largest absolute Gasteiger partial charge is 0.507 e. The van der Waals surface area contributed by atoms with Crippen LogP contribution in [0.3, 0.4) is 0 Å². The second kappa shape index (κ2) is 9.14. The zero-order chi connectivity index (χ0) is 23.8. The summed E-state index contributed by atoms with van der Waals surface area (Å²) < 4.78 is 11.8. The number of ether oxygens (including phenoxy) is 2. The molecule has 34 heavy (non-hydrogen) atoms. The summed E-state index contributed by atoms with van der Waals surface area (Å²) in [5.41, 5.74) is 5.35. The molecule has 3 aromatic rings. The van der Waals surface area contributed by atoms with Crippen LogP contribution in [0.15, 0.2) is 36.4 Å². The third-order valence-corrected chi connectivity index (χ3v) is 6.63. The highest BCUT2D eigenvalue weighted by atomic mass is 16.5. The highest BCUT2D eigenvalue weighted by molar-refractivity contribution is 6.00. The number of aryl methyl sites for hydroxylation is 2. The molecule has 1 amide bonds. The maximum atomic E-state index is 13.6. The van der Waals surface area contributed by atoms with Crippen molar-refractivity contribution in [1.29, 1.82) is 0 Å². The van der Waals surface area contributed by atoms with Gasteiger partial charge in [0.05, 0.1) is 18.8 Å². The van der Waals surface area contributed by atoms with Gasteiger partial charge in [-0.15, -0.1) is 0 Å². The number of aromatic hydroxyl groups is 1. The molecule has 178 valence electrons. The zero-order valence-electron chi connectivity index (χ0n) is 19.9. The smallest absolute Gasteiger partial charge is 0.273 e. The molecular weight excluding hydrogens is 430 g/mol. The van der Waals surface area contributed by atoms with Crippen LogP contribution >= 0.6 is 0 Å². The molecule has 0 saturated carbocycles. The monoisotopic (exact) mass is 461 g/mol. The van der Waals surface area contributed by atoms with Gasteiger partial charge in [0.15, 0.2) is 0 Å². The summed E-state index contributed by atoms with van der Waals surface area (Å²) in [6.07, 6.45) is 2.87. The standard InChI is InChI=1S/C27H31N3O4/c1-4-10-33-19-8-5-7-18(14-19)26-23-24(22-17(3)12-16(2)13-21(22)31)28-29-25(23)27(32)30(26)15-20-9-6-11-34-20/h5,7-8,12-14,20,26,31H,4,6,9-11,15H2,1-3H3,(H,28,29). The van der Waals surface area contributed by atoms with Crippen LogP contribution in [0.2, 0.25) is 0 Å². The van der Waals surface area contributed by atoms with E-state index in [-0.39, 0.29) is 23.8 Å². The number of fused-ring (bicyclic) bond motifs is 1. The fraction of sp³-hybridized carbons (Fsp3) is 0.407. The van der Waals surface area contributed by atoms with Crippen LogP contribution in [0.5, 0.6) is 11.5 Å². The van der Waals surface area contributed by atoms with Crippen LogP contribution in [0.1, 0.15) is 65.0 Å². The Morgan fingerprint density at radius 2 is 2.12 bits per heavy atom. The highest BCUT2D eigenvalue weighted by Crippen LogP contribution is 2.46. The number of amides is 1. The average Bonchev–Trinajstić information content (AvgIpc) is 3.52. The van der Waals surface area contributed by atoms with Crippen molar-refractivity contribution in [3.05, 3.63) is 64.3 Å². The number of phenolic OH excluding ortho intramolecular Hbond substituents is 1. The van der Waals surface area contributed by atoms with E-state index in [1.54, 1.807) is 6.07 Å². The molecule has 1 aromatic heterocycles. The highest BCUT2D eigenvalue weighted by Gasteiger charge is 2.44. The van der Waals surface area contributed by atoms with E-state index in [2.05, 4.69) is 17.1 Å². The Hall–Kier alpha value is -3.32. The molecule has 3 heterocycles. The summed E-state index contributed by atoms with van der Waals surface area (Å²) in [6, 6.07) is 11.3. The Kier molecular flexibility index (Phi) is 6.04. The van der Waals surface area contributed by atoms with Gasteiger partial charge < -0.3 is 19.5 Å². The van der Waals surface area contributed by atoms with Crippen molar-refractivity contribution in [1.82, 2.24) is 15.1 Å². The van der Waals surface area contributed by atoms with Crippen molar-refractivity contribution in [2.24, 2.45) is 0 Å². The normalized spacial score (nSPS) is 19.6. The van der Waals surface area contributed by atoms with E-state index >= 15 is 0 Å². The molecule has 7 heteroatoms. The number of hydrogen-bond acceptors (Lipinski definition) is 5. The van der Waals surface area contributed by atoms with Crippen molar-refractivity contribution in [2.45, 2.75) is 52.2 Å². The lowest BCUT2D eigenvalue weighted by atomic mass is 9.93. The predicted octanol–water partition coefficient (Wildman–Crippen LogP) is 4.91. The molecule has 2 aromatic carbocycles. The summed E-state index contributed by atoms with van der Waals surface area (Å²) in [6.45, 7) is 7.84. The lowest BCUT2D eigenvalue weighted by Gasteiger charge is -2.29. The van der Waals surface area contributed by atoms with Gasteiger partial charge >= 0.3 is 0 Å². The third-order valence-electron chi connectivity index (χ3n) is 6.63. The van der Waals surface area contributed by atoms with Gasteiger partial charge in [0.25, 0.3) is 5.91 Å². The molecule has 2 atom stereocenters. The average molecular weight is 462 g/mol. The topological polar surface area (TPSA) is 87.7 Å². The summed E-state index contributed by atoms with van der Waals surface area (Å²) in [5.74, 6) is 0.839. The molecule has 5 rings (SSSR count). The lowest BCUT2D eigenvalue weighted by molar-refractivity contribution is 0.0495. The molecule has 7 nitrogen and oxygen atoms in total. The number of phenols is 1. The molecule has 2 aliphatic rings. The third kappa shape index (κ3) is 3.94. The van der Waals surface area contributed by atoms with E-state index in [1.165, 1.54) is 0 Å². The van der Waals surface area contributed by atoms with Gasteiger partial charge in [-0.3, -0.25) is 9.89 Å². The quantitative estimate of drug-likeness (QED) is 0.522. The van der Waals surface area contributed by atoms with Gasteiger partial charge in [0.2, 0.25) is 0 Å². The first-order chi connectivity index (χ1) is 16.5. The number of nitrogens with zero attached hydrogens (tertiary/aromatic N) is 2. The van der Waals surface area contributed by atoms with Crippen LogP contribution < -0.4 is 4.74 Å². The summed E-state index contributed by atoms with van der Waals surface area (Å²) in [4.78, 5) is 15.5. The van der Waals surface area contributed by atoms with Crippen molar-refractivity contribution in [3.63, 3.8) is 0 Å². The minimum absolute atomic E-state index is 0.0147. The molecule has 0 radical (unpaired) electrons. The molecule has 1 fully saturated rings. The van der Waals surface area contributed by atoms with Crippen LogP contribution in [0.4, 0.5) is 0 Å². The van der Waals surface area contributed by atoms with Gasteiger partial charge in [-0.25, -0.2) is 0 Å². The Bertz CT molecular complexity index is 1190. The van der Waals surface area contributed by atoms with Crippen LogP contribution in [-0.4, -0.2) is 52.0 Å². The number of aromatic nitrogens is 2. The first-order valence-corrected chi connectivity index (χ1v) is 12.0. The number of H-pyrrole nitrogens is 1. The number of aromatic amines is 1. The molecule has 0 bridgehead atoms. The number of carbonyl (C=O) groups excluding carboxylic acids is 1. The first kappa shape index (κ1) is 22.5. The molecule has 2 N–H and O–H groups in total. The summed E-state index contributed by atoms with van der Waals surface area (Å²) >= 11 is 0. The van der Waals surface area contributed by atoms with Crippen LogP contribution in [0.25, 0.3) is 11.3 Å². The van der Waals surface area contributed by atoms with E-state index in [9.17, 15) is 9.90 Å². The number of benzene rings is 2. The van der Waals surface area contributed by atoms with E-state index in [4.69, 9.17) is 9.47 Å². The van der Waals surface area contributed by atoms with Crippen molar-refractivity contribution >= 4 is 5.91 Å². The van der Waals surface area contributed by atoms with E-state index in [0.717, 1.165) is 53.9 Å². The summed E-state index contributed by atoms with van der Waals surface area (Å²) in [5, 5.41) is 18.4. The first-order valence-electron chi connectivity index (χ1n) is 12.0. The fourth-order valence-electron chi connectivity index (χ4n) is 5.18. The Labute approximate surface area is 199 Å². The van der Waals surface area contributed by atoms with Crippen molar-refractivity contribution in [3.8, 4) is 22.8 Å². The minimum atomic E-state index is -0.356. The van der Waals surface area contributed by atoms with Gasteiger partial charge in [0, 0.05) is 24.3 Å². The zero-order valence-corrected chi connectivity index (χ0v) is 19.9. The maximum absolute atomic E-state index is 13.6. The van der Waals surface area contributed by atoms with E-state index < -0.39 is 0 Å². The summed E-state index contributed by atoms with van der Waals surface area (Å²) in [7, 11) is 0. The molecule has 2 aliphatic heterocycles. The number of hydrogen-bond donors (Lipinski definition) is 2. The SMILES string of the molecule is CCCOc1cccc(C2c3c(-c4c(C)cc(C)cc4O)n[nH]c3C(=O)N2CC2CCCO2)c1. The number of rotatable bonds is 7. The van der Waals surface area contributed by atoms with Gasteiger partial charge in [-0.05, 0) is 68.0 Å². The van der Waals surface area contributed by atoms with Crippen molar-refractivity contribution in [2.75, 3.05) is 19.8 Å². The van der Waals surface area contributed by atoms with Gasteiger partial charge in [-0.1, -0.05) is 25.1 Å². The van der Waals surface area contributed by atoms with Crippen LogP contribution in [-0.2, 0) is 4.74 Å². The van der Waals surface area contributed by atoms with Crippen LogP contribution in [0, 0.1) is 13.8 Å². The molecular formula is C27H31N3O4. The number of carbonyl (C=O) groups is 1. The number of nitrogens with one attached hydrogen (secondary N) is 1. The molecule has 0 aliphatic carbocycles. The van der Waals surface area contributed by atoms with Crippen molar-refractivity contribution < 1.29 is 19.4 Å². The van der Waals surface area contributed by atoms with E-state index in [0.29, 0.717) is 30.1 Å². The Morgan fingerprint density at radius 1 is 1.26 bits per heavy atom. The van der Waals surface area contributed by atoms with E-state index in [1.807, 2.05) is 49.1 Å². The molecule has 2 unspecified atom stereocenters. The van der Waals surface area contributed by atoms with Gasteiger partial charge in [-0.2, -0.15) is 5.10 Å². The second-order valence-electron chi connectivity index (χ2n) is 9.25. The molecule has 1 saturated heterocycles. The Balaban J connectivity index is 1.64. The minimum Gasteiger partial charge on any atom is -0.507 e. The van der Waals surface area contributed by atoms with Gasteiger partial charge in [0.1, 0.15) is 22.9 Å². The Morgan fingerprint density at radius 3 is 2.85 bits per heavy atom. The maximum Gasteiger partial charge on any atom is 0.273 e. The fourth-order valence-corrected chi connectivity index (χ4v) is 5.18. The predicted molar refractivity (Wildman–Crippen MR) is 129 cm³/mol. The molecule has 0 spiro atoms.